The number of carboxylic acids is 1. The van der Waals surface area contributed by atoms with Crippen molar-refractivity contribution < 1.29 is 29.0 Å². The van der Waals surface area contributed by atoms with E-state index < -0.39 is 23.3 Å². The van der Waals surface area contributed by atoms with Gasteiger partial charge in [-0.25, -0.2) is 4.79 Å². The van der Waals surface area contributed by atoms with Crippen LogP contribution in [0.2, 0.25) is 10.0 Å². The molecule has 0 heterocycles. The van der Waals surface area contributed by atoms with Crippen molar-refractivity contribution >= 4 is 52.6 Å². The molecule has 2 aromatic rings. The largest absolute Gasteiger partial charge is 0.480 e. The predicted octanol–water partition coefficient (Wildman–Crippen LogP) is 4.58. The number of aliphatic carboxylic acids is 1. The lowest BCUT2D eigenvalue weighted by molar-refractivity contribution is -0.164. The molecule has 0 spiro atoms. The number of carbonyl (C=O) groups excluding carboxylic acids is 3. The summed E-state index contributed by atoms with van der Waals surface area (Å²) in [6, 6.07) is 10.2. The predicted molar refractivity (Wildman–Crippen MR) is 136 cm³/mol. The highest BCUT2D eigenvalue weighted by Gasteiger charge is 2.52. The van der Waals surface area contributed by atoms with Crippen molar-refractivity contribution in [2.45, 2.75) is 39.2 Å². The highest BCUT2D eigenvalue weighted by atomic mass is 35.5. The summed E-state index contributed by atoms with van der Waals surface area (Å²) in [4.78, 5) is 48.8. The Hall–Kier alpha value is -3.10. The van der Waals surface area contributed by atoms with Gasteiger partial charge in [0.05, 0.1) is 28.6 Å². The van der Waals surface area contributed by atoms with E-state index in [0.717, 1.165) is 0 Å². The van der Waals surface area contributed by atoms with Gasteiger partial charge in [-0.15, -0.1) is 0 Å². The number of carbonyl (C=O) groups is 4. The van der Waals surface area contributed by atoms with Crippen molar-refractivity contribution in [1.82, 2.24) is 5.32 Å². The maximum atomic E-state index is 12.6. The van der Waals surface area contributed by atoms with Gasteiger partial charge in [-0.3, -0.25) is 14.4 Å². The first-order valence-corrected chi connectivity index (χ1v) is 12.1. The zero-order valence-electron chi connectivity index (χ0n) is 20.1. The average molecular weight is 535 g/mol. The fourth-order valence-electron chi connectivity index (χ4n) is 4.45. The van der Waals surface area contributed by atoms with Gasteiger partial charge < -0.3 is 20.5 Å². The summed E-state index contributed by atoms with van der Waals surface area (Å²) in [5, 5.41) is 15.4. The van der Waals surface area contributed by atoms with Gasteiger partial charge in [0.2, 0.25) is 5.91 Å². The Balaban J connectivity index is 1.58. The van der Waals surface area contributed by atoms with Crippen molar-refractivity contribution in [1.29, 1.82) is 0 Å². The van der Waals surface area contributed by atoms with E-state index in [4.69, 9.17) is 27.9 Å². The lowest BCUT2D eigenvalue weighted by atomic mass is 9.54. The van der Waals surface area contributed by atoms with E-state index in [-0.39, 0.29) is 52.2 Å². The topological polar surface area (TPSA) is 122 Å². The third kappa shape index (κ3) is 6.17. The van der Waals surface area contributed by atoms with Crippen LogP contribution in [0, 0.1) is 17.3 Å². The minimum Gasteiger partial charge on any atom is -0.480 e. The Bertz CT molecular complexity index is 1150. The second-order valence-electron chi connectivity index (χ2n) is 9.44. The van der Waals surface area contributed by atoms with Crippen molar-refractivity contribution in [3.8, 4) is 0 Å². The molecule has 36 heavy (non-hydrogen) atoms. The number of esters is 1. The molecule has 0 aromatic heterocycles. The molecule has 192 valence electrons. The maximum absolute atomic E-state index is 12.6. The minimum absolute atomic E-state index is 0.0504. The van der Waals surface area contributed by atoms with Gasteiger partial charge >= 0.3 is 11.9 Å². The van der Waals surface area contributed by atoms with Gasteiger partial charge in [-0.2, -0.15) is 0 Å². The quantitative estimate of drug-likeness (QED) is 0.404. The van der Waals surface area contributed by atoms with Crippen molar-refractivity contribution in [2.24, 2.45) is 17.3 Å². The third-order valence-electron chi connectivity index (χ3n) is 6.86. The number of amides is 2. The summed E-state index contributed by atoms with van der Waals surface area (Å²) in [7, 11) is 1.34. The molecule has 0 bridgehead atoms. The van der Waals surface area contributed by atoms with Crippen LogP contribution in [-0.4, -0.2) is 42.0 Å². The molecule has 3 N–H and O–H groups in total. The molecular formula is C26H28Cl2N2O6. The van der Waals surface area contributed by atoms with Gasteiger partial charge in [-0.05, 0) is 47.6 Å². The highest BCUT2D eigenvalue weighted by Crippen LogP contribution is 2.53. The summed E-state index contributed by atoms with van der Waals surface area (Å²) < 4.78 is 4.82. The number of nitrogens with one attached hydrogen (secondary N) is 2. The summed E-state index contributed by atoms with van der Waals surface area (Å²) in [5.74, 6) is -2.63. The van der Waals surface area contributed by atoms with Crippen LogP contribution in [0.25, 0.3) is 0 Å². The molecule has 0 aliphatic heterocycles. The Morgan fingerprint density at radius 3 is 2.22 bits per heavy atom. The van der Waals surface area contributed by atoms with Gasteiger partial charge in [0.25, 0.3) is 5.91 Å². The lowest BCUT2D eigenvalue weighted by Gasteiger charge is -2.50. The zero-order chi connectivity index (χ0) is 26.6. The molecule has 10 heteroatoms. The van der Waals surface area contributed by atoms with Crippen LogP contribution in [0.3, 0.4) is 0 Å². The third-order valence-corrected chi connectivity index (χ3v) is 7.49. The van der Waals surface area contributed by atoms with Crippen LogP contribution < -0.4 is 10.6 Å². The summed E-state index contributed by atoms with van der Waals surface area (Å²) in [6.07, 6.45) is 0.710. The van der Waals surface area contributed by atoms with Crippen LogP contribution in [0.4, 0.5) is 5.69 Å². The van der Waals surface area contributed by atoms with E-state index in [1.807, 2.05) is 13.8 Å². The van der Waals surface area contributed by atoms with Gasteiger partial charge in [0, 0.05) is 18.5 Å². The summed E-state index contributed by atoms with van der Waals surface area (Å²) >= 11 is 12.2. The van der Waals surface area contributed by atoms with E-state index in [2.05, 4.69) is 10.6 Å². The van der Waals surface area contributed by atoms with E-state index in [1.54, 1.807) is 42.5 Å². The van der Waals surface area contributed by atoms with Crippen LogP contribution >= 0.6 is 23.2 Å². The van der Waals surface area contributed by atoms with E-state index in [9.17, 15) is 24.3 Å². The number of rotatable bonds is 9. The number of halogens is 2. The number of hydrogen-bond acceptors (Lipinski definition) is 5. The molecule has 1 aliphatic rings. The Kier molecular flexibility index (Phi) is 8.63. The molecule has 1 unspecified atom stereocenters. The normalized spacial score (nSPS) is 18.9. The second kappa shape index (κ2) is 11.3. The number of carboxylic acid groups (broad SMARTS) is 1. The first kappa shape index (κ1) is 27.5. The van der Waals surface area contributed by atoms with Crippen molar-refractivity contribution in [3.05, 3.63) is 63.6 Å². The molecule has 3 atom stereocenters. The Morgan fingerprint density at radius 1 is 1.08 bits per heavy atom. The number of hydrogen-bond donors (Lipinski definition) is 3. The zero-order valence-corrected chi connectivity index (χ0v) is 21.7. The molecule has 1 fully saturated rings. The number of benzene rings is 2. The lowest BCUT2D eigenvalue weighted by Crippen LogP contribution is -2.52. The standard InChI is InChI=1S/C26H28Cl2N2O6/c1-26(2)15(12-17(26)25(35)36-3)13-21(31)30-20(24(33)34)11-14-7-9-16(10-8-14)29-23(32)22-18(27)5-4-6-19(22)28/h4-10,15,17,20H,11-13H2,1-3H3,(H,29,32)(H,30,31)(H,33,34)/t15-,17+,20?/m1/s1. The van der Waals surface area contributed by atoms with E-state index >= 15 is 0 Å². The molecular weight excluding hydrogens is 507 g/mol. The number of methoxy groups -OCH3 is 1. The van der Waals surface area contributed by atoms with E-state index in [1.165, 1.54) is 7.11 Å². The fraction of sp³-hybridized carbons (Fsp3) is 0.385. The smallest absolute Gasteiger partial charge is 0.326 e. The molecule has 8 nitrogen and oxygen atoms in total. The van der Waals surface area contributed by atoms with Crippen LogP contribution in [0.1, 0.15) is 42.6 Å². The minimum atomic E-state index is -1.16. The second-order valence-corrected chi connectivity index (χ2v) is 10.3. The van der Waals surface area contributed by atoms with Gasteiger partial charge in [-0.1, -0.05) is 55.2 Å². The Labute approximate surface area is 219 Å². The van der Waals surface area contributed by atoms with Crippen LogP contribution in [-0.2, 0) is 25.5 Å². The summed E-state index contributed by atoms with van der Waals surface area (Å²) in [5.41, 5.74) is 0.887. The number of anilines is 1. The monoisotopic (exact) mass is 534 g/mol. The molecule has 0 saturated heterocycles. The average Bonchev–Trinajstić information content (AvgIpc) is 2.81. The molecule has 1 aliphatic carbocycles. The first-order valence-electron chi connectivity index (χ1n) is 11.4. The molecule has 2 aromatic carbocycles. The van der Waals surface area contributed by atoms with Crippen LogP contribution in [0.5, 0.6) is 0 Å². The van der Waals surface area contributed by atoms with Crippen molar-refractivity contribution in [2.75, 3.05) is 12.4 Å². The van der Waals surface area contributed by atoms with Crippen molar-refractivity contribution in [3.63, 3.8) is 0 Å². The fourth-order valence-corrected chi connectivity index (χ4v) is 5.02. The molecule has 3 rings (SSSR count). The molecule has 1 saturated carbocycles. The van der Waals surface area contributed by atoms with Gasteiger partial charge in [0.15, 0.2) is 0 Å². The SMILES string of the molecule is COC(=O)[C@@H]1C[C@H](CC(=O)NC(Cc2ccc(NC(=O)c3c(Cl)cccc3Cl)cc2)C(=O)O)C1(C)C. The first-order chi connectivity index (χ1) is 16.9. The van der Waals surface area contributed by atoms with Gasteiger partial charge in [0.1, 0.15) is 6.04 Å². The molecule has 0 radical (unpaired) electrons. The molecule has 2 amide bonds. The Morgan fingerprint density at radius 2 is 1.69 bits per heavy atom. The number of ether oxygens (including phenoxy) is 1. The highest BCUT2D eigenvalue weighted by molar-refractivity contribution is 6.40. The van der Waals surface area contributed by atoms with E-state index in [0.29, 0.717) is 17.7 Å². The maximum Gasteiger partial charge on any atom is 0.326 e. The van der Waals surface area contributed by atoms with Crippen LogP contribution in [0.15, 0.2) is 42.5 Å². The summed E-state index contributed by atoms with van der Waals surface area (Å²) in [6.45, 7) is 3.81.